The Morgan fingerprint density at radius 2 is 1.76 bits per heavy atom. The predicted molar refractivity (Wildman–Crippen MR) is 89.9 cm³/mol. The fourth-order valence-electron chi connectivity index (χ4n) is 2.23. The summed E-state index contributed by atoms with van der Waals surface area (Å²) >= 11 is 0. The molecule has 0 heterocycles. The Balaban J connectivity index is 2.64. The van der Waals surface area contributed by atoms with Crippen LogP contribution in [-0.2, 0) is 6.54 Å². The Morgan fingerprint density at radius 3 is 2.33 bits per heavy atom. The number of benzene rings is 1. The van der Waals surface area contributed by atoms with Gasteiger partial charge in [0.1, 0.15) is 5.75 Å². The van der Waals surface area contributed by atoms with Crippen LogP contribution in [-0.4, -0.2) is 24.2 Å². The highest BCUT2D eigenvalue weighted by Gasteiger charge is 2.03. The minimum absolute atomic E-state index is 0.382. The molecule has 0 radical (unpaired) electrons. The van der Waals surface area contributed by atoms with Crippen molar-refractivity contribution < 1.29 is 5.11 Å². The topological polar surface area (TPSA) is 56.7 Å². The molecule has 0 aliphatic carbocycles. The molecule has 0 saturated carbocycles. The fraction of sp³-hybridized carbons (Fsp3) is 0.588. The summed E-state index contributed by atoms with van der Waals surface area (Å²) in [6.07, 6.45) is 3.63. The van der Waals surface area contributed by atoms with Gasteiger partial charge in [-0.15, -0.1) is 0 Å². The number of phenolic OH excluding ortho intramolecular Hbond substituents is 1. The van der Waals surface area contributed by atoms with Crippen LogP contribution in [0, 0.1) is 13.8 Å². The number of guanidine groups is 1. The van der Waals surface area contributed by atoms with Crippen molar-refractivity contribution in [3.05, 3.63) is 28.8 Å². The highest BCUT2D eigenvalue weighted by Crippen LogP contribution is 2.23. The number of nitrogens with zero attached hydrogens (tertiary/aromatic N) is 1. The third-order valence-electron chi connectivity index (χ3n) is 3.39. The molecule has 0 unspecified atom stereocenters. The van der Waals surface area contributed by atoms with Crippen LogP contribution in [0.2, 0.25) is 0 Å². The Morgan fingerprint density at radius 1 is 1.10 bits per heavy atom. The SMILES string of the molecule is CCCCCNC(=NCc1cc(C)c(O)c(C)c1)NCC. The summed E-state index contributed by atoms with van der Waals surface area (Å²) < 4.78 is 0. The third kappa shape index (κ3) is 6.06. The van der Waals surface area contributed by atoms with E-state index in [9.17, 15) is 5.11 Å². The van der Waals surface area contributed by atoms with Crippen LogP contribution in [0.1, 0.15) is 49.8 Å². The first-order chi connectivity index (χ1) is 10.1. The molecular weight excluding hydrogens is 262 g/mol. The van der Waals surface area contributed by atoms with Gasteiger partial charge in [-0.1, -0.05) is 31.9 Å². The average Bonchev–Trinajstić information content (AvgIpc) is 2.46. The quantitative estimate of drug-likeness (QED) is 0.410. The van der Waals surface area contributed by atoms with Gasteiger partial charge in [-0.3, -0.25) is 0 Å². The highest BCUT2D eigenvalue weighted by molar-refractivity contribution is 5.79. The zero-order valence-electron chi connectivity index (χ0n) is 13.8. The number of rotatable bonds is 7. The normalized spacial score (nSPS) is 11.5. The number of aryl methyl sites for hydroxylation is 2. The zero-order valence-corrected chi connectivity index (χ0v) is 13.8. The minimum Gasteiger partial charge on any atom is -0.507 e. The monoisotopic (exact) mass is 291 g/mol. The largest absolute Gasteiger partial charge is 0.507 e. The molecule has 0 aromatic heterocycles. The Labute approximate surface area is 128 Å². The second-order valence-electron chi connectivity index (χ2n) is 5.41. The van der Waals surface area contributed by atoms with Crippen LogP contribution in [0.4, 0.5) is 0 Å². The van der Waals surface area contributed by atoms with Gasteiger partial charge < -0.3 is 15.7 Å². The zero-order chi connectivity index (χ0) is 15.7. The van der Waals surface area contributed by atoms with E-state index in [1.165, 1.54) is 19.3 Å². The first-order valence-corrected chi connectivity index (χ1v) is 7.89. The van der Waals surface area contributed by atoms with Crippen molar-refractivity contribution in [2.45, 2.75) is 53.5 Å². The number of phenols is 1. The molecule has 4 heteroatoms. The molecule has 21 heavy (non-hydrogen) atoms. The molecule has 118 valence electrons. The standard InChI is InChI=1S/C17H29N3O/c1-5-7-8-9-19-17(18-6-2)20-12-15-10-13(3)16(21)14(4)11-15/h10-11,21H,5-9,12H2,1-4H3,(H2,18,19,20). The second-order valence-corrected chi connectivity index (χ2v) is 5.41. The maximum absolute atomic E-state index is 9.80. The van der Waals surface area contributed by atoms with E-state index in [0.29, 0.717) is 12.3 Å². The molecule has 0 aliphatic heterocycles. The van der Waals surface area contributed by atoms with Crippen molar-refractivity contribution in [1.82, 2.24) is 10.6 Å². The van der Waals surface area contributed by atoms with Crippen molar-refractivity contribution in [3.8, 4) is 5.75 Å². The summed E-state index contributed by atoms with van der Waals surface area (Å²) in [5, 5.41) is 16.4. The third-order valence-corrected chi connectivity index (χ3v) is 3.39. The number of nitrogens with one attached hydrogen (secondary N) is 2. The van der Waals surface area contributed by atoms with E-state index in [-0.39, 0.29) is 0 Å². The van der Waals surface area contributed by atoms with Gasteiger partial charge in [0, 0.05) is 13.1 Å². The summed E-state index contributed by atoms with van der Waals surface area (Å²) in [5.74, 6) is 1.24. The van der Waals surface area contributed by atoms with Gasteiger partial charge in [0.2, 0.25) is 0 Å². The minimum atomic E-state index is 0.382. The predicted octanol–water partition coefficient (Wildman–Crippen LogP) is 3.25. The van der Waals surface area contributed by atoms with Crippen molar-refractivity contribution in [2.24, 2.45) is 4.99 Å². The lowest BCUT2D eigenvalue weighted by Crippen LogP contribution is -2.37. The molecule has 4 nitrogen and oxygen atoms in total. The van der Waals surface area contributed by atoms with E-state index in [2.05, 4.69) is 29.5 Å². The second kappa shape index (κ2) is 9.27. The van der Waals surface area contributed by atoms with E-state index in [1.807, 2.05) is 26.0 Å². The van der Waals surface area contributed by atoms with Gasteiger partial charge in [0.05, 0.1) is 6.54 Å². The molecule has 1 rings (SSSR count). The van der Waals surface area contributed by atoms with Crippen molar-refractivity contribution in [2.75, 3.05) is 13.1 Å². The molecule has 0 atom stereocenters. The van der Waals surface area contributed by atoms with E-state index in [1.54, 1.807) is 0 Å². The van der Waals surface area contributed by atoms with Gasteiger partial charge in [-0.2, -0.15) is 0 Å². The molecular formula is C17H29N3O. The van der Waals surface area contributed by atoms with Gasteiger partial charge in [-0.05, 0) is 43.9 Å². The highest BCUT2D eigenvalue weighted by atomic mass is 16.3. The van der Waals surface area contributed by atoms with Crippen LogP contribution in [0.5, 0.6) is 5.75 Å². The molecule has 0 aliphatic rings. The molecule has 0 amide bonds. The molecule has 3 N–H and O–H groups in total. The lowest BCUT2D eigenvalue weighted by molar-refractivity contribution is 0.466. The first kappa shape index (κ1) is 17.3. The van der Waals surface area contributed by atoms with Crippen molar-refractivity contribution >= 4 is 5.96 Å². The number of aromatic hydroxyl groups is 1. The number of aliphatic imine (C=N–C) groups is 1. The van der Waals surface area contributed by atoms with Crippen LogP contribution in [0.25, 0.3) is 0 Å². The molecule has 0 spiro atoms. The van der Waals surface area contributed by atoms with Gasteiger partial charge in [-0.25, -0.2) is 4.99 Å². The maximum Gasteiger partial charge on any atom is 0.191 e. The van der Waals surface area contributed by atoms with Gasteiger partial charge >= 0.3 is 0 Å². The molecule has 0 bridgehead atoms. The summed E-state index contributed by atoms with van der Waals surface area (Å²) in [6, 6.07) is 3.99. The lowest BCUT2D eigenvalue weighted by Gasteiger charge is -2.11. The smallest absolute Gasteiger partial charge is 0.191 e. The van der Waals surface area contributed by atoms with Crippen LogP contribution in [0.3, 0.4) is 0 Å². The van der Waals surface area contributed by atoms with Crippen LogP contribution < -0.4 is 10.6 Å². The number of unbranched alkanes of at least 4 members (excludes halogenated alkanes) is 2. The van der Waals surface area contributed by atoms with Crippen LogP contribution in [0.15, 0.2) is 17.1 Å². The molecule has 0 fully saturated rings. The maximum atomic E-state index is 9.80. The van der Waals surface area contributed by atoms with Crippen LogP contribution >= 0.6 is 0 Å². The summed E-state index contributed by atoms with van der Waals surface area (Å²) in [4.78, 5) is 4.61. The van der Waals surface area contributed by atoms with Gasteiger partial charge in [0.15, 0.2) is 5.96 Å². The fourth-order valence-corrected chi connectivity index (χ4v) is 2.23. The Hall–Kier alpha value is -1.71. The molecule has 0 saturated heterocycles. The molecule has 1 aromatic rings. The lowest BCUT2D eigenvalue weighted by atomic mass is 10.1. The van der Waals surface area contributed by atoms with E-state index in [4.69, 9.17) is 0 Å². The Bertz CT molecular complexity index is 446. The van der Waals surface area contributed by atoms with E-state index >= 15 is 0 Å². The molecule has 1 aromatic carbocycles. The average molecular weight is 291 g/mol. The first-order valence-electron chi connectivity index (χ1n) is 7.89. The van der Waals surface area contributed by atoms with E-state index < -0.39 is 0 Å². The summed E-state index contributed by atoms with van der Waals surface area (Å²) in [5.41, 5.74) is 2.93. The van der Waals surface area contributed by atoms with Gasteiger partial charge in [0.25, 0.3) is 0 Å². The number of hydrogen-bond acceptors (Lipinski definition) is 2. The number of hydrogen-bond donors (Lipinski definition) is 3. The van der Waals surface area contributed by atoms with Crippen molar-refractivity contribution in [3.63, 3.8) is 0 Å². The van der Waals surface area contributed by atoms with E-state index in [0.717, 1.165) is 35.7 Å². The summed E-state index contributed by atoms with van der Waals surface area (Å²) in [6.45, 7) is 10.5. The van der Waals surface area contributed by atoms with Crippen molar-refractivity contribution in [1.29, 1.82) is 0 Å². The Kier molecular flexibility index (Phi) is 7.65. The summed E-state index contributed by atoms with van der Waals surface area (Å²) in [7, 11) is 0.